The Hall–Kier alpha value is -4.01. The lowest BCUT2D eigenvalue weighted by atomic mass is 9.81. The third-order valence-electron chi connectivity index (χ3n) is 8.69. The van der Waals surface area contributed by atoms with Crippen molar-refractivity contribution in [3.8, 4) is 28.7 Å². The molecule has 0 saturated carbocycles. The molecule has 4 aliphatic rings. The molecule has 2 aromatic carbocycles. The monoisotopic (exact) mass is 670 g/mol. The number of ether oxygens (including phenoxy) is 6. The van der Waals surface area contributed by atoms with Crippen LogP contribution in [0, 0.1) is 5.92 Å². The third-order valence-corrected chi connectivity index (χ3v) is 8.69. The molecule has 0 aromatic heterocycles. The van der Waals surface area contributed by atoms with Crippen molar-refractivity contribution in [2.45, 2.75) is 82.8 Å². The number of hydrogen-bond acceptors (Lipinski definition) is 9. The van der Waals surface area contributed by atoms with E-state index in [9.17, 15) is 31.5 Å². The maximum absolute atomic E-state index is 13.9. The Labute approximate surface area is 267 Å². The fraction of sp³-hybridized carbons (Fsp3) is 0.562. The largest absolute Gasteiger partial charge is 0.586 e. The van der Waals surface area contributed by atoms with E-state index >= 15 is 0 Å². The predicted octanol–water partition coefficient (Wildman–Crippen LogP) is 5.62. The maximum Gasteiger partial charge on any atom is 0.586 e. The van der Waals surface area contributed by atoms with Crippen LogP contribution in [-0.4, -0.2) is 67.4 Å². The van der Waals surface area contributed by atoms with Crippen molar-refractivity contribution in [3.05, 3.63) is 41.5 Å². The van der Waals surface area contributed by atoms with Crippen molar-refractivity contribution < 1.29 is 60.0 Å². The van der Waals surface area contributed by atoms with Crippen LogP contribution >= 0.6 is 0 Å². The number of esters is 1. The lowest BCUT2D eigenvalue weighted by Crippen LogP contribution is -2.48. The van der Waals surface area contributed by atoms with Crippen LogP contribution in [-0.2, 0) is 19.7 Å². The van der Waals surface area contributed by atoms with Crippen molar-refractivity contribution in [2.24, 2.45) is 5.92 Å². The normalized spacial score (nSPS) is 25.2. The van der Waals surface area contributed by atoms with Crippen molar-refractivity contribution in [2.75, 3.05) is 26.2 Å². The second kappa shape index (κ2) is 11.6. The lowest BCUT2D eigenvalue weighted by Gasteiger charge is -2.41. The molecule has 3 atom stereocenters. The molecule has 0 aliphatic carbocycles. The number of likely N-dealkylation sites (tertiary alicyclic amines) is 1. The van der Waals surface area contributed by atoms with E-state index in [-0.39, 0.29) is 48.0 Å². The van der Waals surface area contributed by atoms with Crippen molar-refractivity contribution in [1.29, 1.82) is 0 Å². The molecule has 0 spiro atoms. The van der Waals surface area contributed by atoms with Gasteiger partial charge in [-0.05, 0) is 77.7 Å². The number of nitrogens with zero attached hydrogens (tertiary/aromatic N) is 1. The fourth-order valence-corrected chi connectivity index (χ4v) is 6.47. The van der Waals surface area contributed by atoms with Gasteiger partial charge in [-0.25, -0.2) is 0 Å². The lowest BCUT2D eigenvalue weighted by molar-refractivity contribution is -0.286. The first-order chi connectivity index (χ1) is 21.9. The predicted molar refractivity (Wildman–Crippen MR) is 154 cm³/mol. The molecule has 0 unspecified atom stereocenters. The van der Waals surface area contributed by atoms with Crippen LogP contribution in [0.3, 0.4) is 0 Å². The number of nitrogens with one attached hydrogen (secondary N) is 1. The number of fused-ring (bicyclic) bond motifs is 3. The van der Waals surface area contributed by atoms with Crippen LogP contribution in [0.25, 0.3) is 0 Å². The molecular weight excluding hydrogens is 635 g/mol. The summed E-state index contributed by atoms with van der Waals surface area (Å²) in [5.41, 5.74) is -1.14. The van der Waals surface area contributed by atoms with E-state index in [0.29, 0.717) is 43.5 Å². The number of alkyl halides is 5. The zero-order valence-corrected chi connectivity index (χ0v) is 26.2. The molecule has 1 fully saturated rings. The van der Waals surface area contributed by atoms with Gasteiger partial charge in [0.1, 0.15) is 41.0 Å². The number of carbonyl (C=O) groups is 2. The fourth-order valence-electron chi connectivity index (χ4n) is 6.47. The van der Waals surface area contributed by atoms with Gasteiger partial charge in [-0.1, -0.05) is 0 Å². The van der Waals surface area contributed by atoms with Gasteiger partial charge in [0.05, 0.1) is 12.6 Å². The van der Waals surface area contributed by atoms with E-state index in [1.165, 1.54) is 18.2 Å². The molecule has 1 N–H and O–H groups in total. The molecule has 2 aromatic rings. The zero-order chi connectivity index (χ0) is 33.9. The standard InChI is InChI=1S/C32H35F5N2O8/c1-29(2,3)47-27(40)15-39-9-7-17(8-10-39)22-13-21(19-6-5-18(11-23(19)43-22)44-31(33,34)35)38-28(41)30(4)16-42-24-14-26-25(12-20(24)30)45-32(36,37)46-26/h5-6,11-12,14,17,21-22H,7-10,13,15-16H2,1-4H3,(H,38,41)/t21-,22-,30-/m0/s1. The molecule has 256 valence electrons. The Bertz CT molecular complexity index is 1550. The minimum absolute atomic E-state index is 0.0304. The number of hydrogen-bond donors (Lipinski definition) is 1. The first kappa shape index (κ1) is 32.9. The Balaban J connectivity index is 1.20. The minimum Gasteiger partial charge on any atom is -0.492 e. The summed E-state index contributed by atoms with van der Waals surface area (Å²) >= 11 is 0. The first-order valence-corrected chi connectivity index (χ1v) is 15.3. The summed E-state index contributed by atoms with van der Waals surface area (Å²) in [7, 11) is 0. The summed E-state index contributed by atoms with van der Waals surface area (Å²) in [6.45, 7) is 8.18. The van der Waals surface area contributed by atoms with E-state index in [0.717, 1.165) is 12.1 Å². The van der Waals surface area contributed by atoms with Gasteiger partial charge < -0.3 is 33.7 Å². The van der Waals surface area contributed by atoms with Gasteiger partial charge in [0.15, 0.2) is 11.5 Å². The number of carbonyl (C=O) groups excluding carboxylic acids is 2. The second-order valence-corrected chi connectivity index (χ2v) is 13.4. The van der Waals surface area contributed by atoms with Gasteiger partial charge in [0, 0.05) is 29.7 Å². The summed E-state index contributed by atoms with van der Waals surface area (Å²) < 4.78 is 97.1. The molecule has 0 radical (unpaired) electrons. The van der Waals surface area contributed by atoms with Gasteiger partial charge in [-0.3, -0.25) is 14.5 Å². The van der Waals surface area contributed by atoms with Gasteiger partial charge >= 0.3 is 18.6 Å². The number of halogens is 5. The van der Waals surface area contributed by atoms with Crippen LogP contribution in [0.1, 0.15) is 64.1 Å². The number of benzene rings is 2. The molecule has 4 heterocycles. The molecule has 1 saturated heterocycles. The van der Waals surface area contributed by atoms with Crippen LogP contribution in [0.15, 0.2) is 30.3 Å². The van der Waals surface area contributed by atoms with Gasteiger partial charge in [0.25, 0.3) is 0 Å². The van der Waals surface area contributed by atoms with Crippen LogP contribution in [0.2, 0.25) is 0 Å². The van der Waals surface area contributed by atoms with Gasteiger partial charge in [0.2, 0.25) is 5.91 Å². The summed E-state index contributed by atoms with van der Waals surface area (Å²) in [5.74, 6) is -1.42. The number of amides is 1. The first-order valence-electron chi connectivity index (χ1n) is 15.3. The number of piperidine rings is 1. The van der Waals surface area contributed by atoms with Gasteiger partial charge in [-0.15, -0.1) is 22.0 Å². The maximum atomic E-state index is 13.9. The molecule has 15 heteroatoms. The molecule has 4 aliphatic heterocycles. The summed E-state index contributed by atoms with van der Waals surface area (Å²) in [5, 5.41) is 3.02. The van der Waals surface area contributed by atoms with Crippen molar-refractivity contribution in [3.63, 3.8) is 0 Å². The third kappa shape index (κ3) is 7.14. The van der Waals surface area contributed by atoms with Crippen LogP contribution in [0.5, 0.6) is 28.7 Å². The Kier molecular flexibility index (Phi) is 8.12. The molecule has 10 nitrogen and oxygen atoms in total. The highest BCUT2D eigenvalue weighted by molar-refractivity contribution is 5.90. The van der Waals surface area contributed by atoms with E-state index < -0.39 is 47.5 Å². The van der Waals surface area contributed by atoms with Gasteiger partial charge in [-0.2, -0.15) is 0 Å². The summed E-state index contributed by atoms with van der Waals surface area (Å²) in [4.78, 5) is 28.3. The molecule has 47 heavy (non-hydrogen) atoms. The SMILES string of the molecule is CC(C)(C)OC(=O)CN1CCC([C@@H]2C[C@H](NC(=O)[C@@]3(C)COc4cc5c(cc43)OC(F)(F)O5)c3ccc(OC(F)(F)F)cc3O2)CC1. The van der Waals surface area contributed by atoms with E-state index in [1.807, 2.05) is 4.90 Å². The highest BCUT2D eigenvalue weighted by atomic mass is 19.4. The Morgan fingerprint density at radius 2 is 1.68 bits per heavy atom. The molecule has 6 rings (SSSR count). The zero-order valence-electron chi connectivity index (χ0n) is 26.2. The highest BCUT2D eigenvalue weighted by Gasteiger charge is 2.50. The van der Waals surface area contributed by atoms with Crippen molar-refractivity contribution in [1.82, 2.24) is 10.2 Å². The van der Waals surface area contributed by atoms with Crippen molar-refractivity contribution >= 4 is 11.9 Å². The molecule has 1 amide bonds. The van der Waals surface area contributed by atoms with E-state index in [1.54, 1.807) is 27.7 Å². The quantitative estimate of drug-likeness (QED) is 0.310. The topological polar surface area (TPSA) is 105 Å². The minimum atomic E-state index is -4.92. The average molecular weight is 671 g/mol. The summed E-state index contributed by atoms with van der Waals surface area (Å²) in [6, 6.07) is 5.60. The smallest absolute Gasteiger partial charge is 0.492 e. The molecule has 0 bridgehead atoms. The molecular formula is C32H35F5N2O8. The second-order valence-electron chi connectivity index (χ2n) is 13.4. The number of rotatable bonds is 6. The highest BCUT2D eigenvalue weighted by Crippen LogP contribution is 2.50. The van der Waals surface area contributed by atoms with Crippen LogP contribution in [0.4, 0.5) is 22.0 Å². The summed E-state index contributed by atoms with van der Waals surface area (Å²) in [6.07, 6.45) is -7.66. The Morgan fingerprint density at radius 3 is 2.34 bits per heavy atom. The van der Waals surface area contributed by atoms with E-state index in [4.69, 9.17) is 14.2 Å². The van der Waals surface area contributed by atoms with E-state index in [2.05, 4.69) is 19.5 Å². The van der Waals surface area contributed by atoms with Crippen LogP contribution < -0.4 is 29.0 Å². The Morgan fingerprint density at radius 1 is 1.00 bits per heavy atom. The average Bonchev–Trinajstić information content (AvgIpc) is 3.44.